The predicted octanol–water partition coefficient (Wildman–Crippen LogP) is 5.75. The number of unbranched alkanes of at least 4 members (excludes halogenated alkanes) is 5. The van der Waals surface area contributed by atoms with Crippen LogP contribution in [0.3, 0.4) is 0 Å². The molecule has 0 fully saturated rings. The molecule has 0 aliphatic rings. The van der Waals surface area contributed by atoms with Gasteiger partial charge in [-0.05, 0) is 47.2 Å². The Hall–Kier alpha value is -3.97. The molecule has 41 heavy (non-hydrogen) atoms. The second-order valence-electron chi connectivity index (χ2n) is 10.6. The van der Waals surface area contributed by atoms with Crippen LogP contribution in [0.5, 0.6) is 0 Å². The highest BCUT2D eigenvalue weighted by Gasteiger charge is 2.24. The zero-order valence-corrected chi connectivity index (χ0v) is 24.2. The van der Waals surface area contributed by atoms with Crippen molar-refractivity contribution >= 4 is 23.5 Å². The van der Waals surface area contributed by atoms with E-state index in [1.807, 2.05) is 85.9 Å². The third kappa shape index (κ3) is 10.2. The second-order valence-corrected chi connectivity index (χ2v) is 10.6. The number of nitrogens with zero attached hydrogens (tertiary/aromatic N) is 1. The number of carboxylic acids is 1. The Labute approximate surface area is 243 Å². The lowest BCUT2D eigenvalue weighted by Crippen LogP contribution is -2.50. The summed E-state index contributed by atoms with van der Waals surface area (Å²) in [5.41, 5.74) is 10.5. The molecule has 3 aromatic carbocycles. The van der Waals surface area contributed by atoms with Gasteiger partial charge in [0, 0.05) is 25.6 Å². The van der Waals surface area contributed by atoms with Gasteiger partial charge in [0.25, 0.3) is 0 Å². The van der Waals surface area contributed by atoms with Crippen molar-refractivity contribution < 1.29 is 19.5 Å². The number of nitrogens with one attached hydrogen (secondary N) is 1. The van der Waals surface area contributed by atoms with Crippen LogP contribution in [-0.4, -0.2) is 42.0 Å². The Kier molecular flexibility index (Phi) is 12.6. The topological polar surface area (TPSA) is 113 Å². The SMILES string of the molecule is CCCCCCCCC(=O)N(C)c1cccc(-c2ccc(C[C@H](NC(=O)C(N)Cc3ccccc3)C(=O)O)cc2)c1. The molecule has 1 unspecified atom stereocenters. The summed E-state index contributed by atoms with van der Waals surface area (Å²) in [7, 11) is 1.81. The van der Waals surface area contributed by atoms with Crippen molar-refractivity contribution in [3.05, 3.63) is 90.0 Å². The van der Waals surface area contributed by atoms with Gasteiger partial charge in [0.2, 0.25) is 11.8 Å². The van der Waals surface area contributed by atoms with Gasteiger partial charge in [-0.2, -0.15) is 0 Å². The Morgan fingerprint density at radius 3 is 2.15 bits per heavy atom. The molecule has 218 valence electrons. The number of benzene rings is 3. The normalized spacial score (nSPS) is 12.4. The summed E-state index contributed by atoms with van der Waals surface area (Å²) in [6, 6.07) is 22.9. The Morgan fingerprint density at radius 2 is 1.46 bits per heavy atom. The number of rotatable bonds is 16. The lowest BCUT2D eigenvalue weighted by atomic mass is 9.99. The number of hydrogen-bond donors (Lipinski definition) is 3. The number of carbonyl (C=O) groups excluding carboxylic acids is 2. The van der Waals surface area contributed by atoms with E-state index in [2.05, 4.69) is 12.2 Å². The van der Waals surface area contributed by atoms with Crippen LogP contribution in [0.4, 0.5) is 5.69 Å². The molecule has 4 N–H and O–H groups in total. The lowest BCUT2D eigenvalue weighted by molar-refractivity contribution is -0.142. The fraction of sp³-hybridized carbons (Fsp3) is 0.382. The van der Waals surface area contributed by atoms with E-state index in [1.165, 1.54) is 25.7 Å². The van der Waals surface area contributed by atoms with Gasteiger partial charge in [-0.3, -0.25) is 9.59 Å². The van der Waals surface area contributed by atoms with E-state index in [1.54, 1.807) is 4.90 Å². The molecule has 2 atom stereocenters. The maximum atomic E-state index is 12.7. The second kappa shape index (κ2) is 16.3. The number of nitrogens with two attached hydrogens (primary N) is 1. The zero-order chi connectivity index (χ0) is 29.6. The van der Waals surface area contributed by atoms with E-state index < -0.39 is 24.0 Å². The first-order valence-electron chi connectivity index (χ1n) is 14.6. The van der Waals surface area contributed by atoms with Gasteiger partial charge in [0.05, 0.1) is 6.04 Å². The minimum Gasteiger partial charge on any atom is -0.480 e. The molecule has 2 amide bonds. The summed E-state index contributed by atoms with van der Waals surface area (Å²) >= 11 is 0. The van der Waals surface area contributed by atoms with E-state index >= 15 is 0 Å². The van der Waals surface area contributed by atoms with Gasteiger partial charge in [-0.25, -0.2) is 4.79 Å². The van der Waals surface area contributed by atoms with Crippen molar-refractivity contribution in [2.75, 3.05) is 11.9 Å². The van der Waals surface area contributed by atoms with E-state index in [-0.39, 0.29) is 12.3 Å². The van der Waals surface area contributed by atoms with Gasteiger partial charge in [-0.1, -0.05) is 106 Å². The molecule has 3 aromatic rings. The first kappa shape index (κ1) is 31.6. The maximum absolute atomic E-state index is 12.7. The number of carboxylic acid groups (broad SMARTS) is 1. The molecule has 7 heteroatoms. The molecule has 3 rings (SSSR count). The Bertz CT molecular complexity index is 1260. The van der Waals surface area contributed by atoms with Crippen molar-refractivity contribution in [1.29, 1.82) is 0 Å². The van der Waals surface area contributed by atoms with Gasteiger partial charge < -0.3 is 21.1 Å². The summed E-state index contributed by atoms with van der Waals surface area (Å²) in [5, 5.41) is 12.3. The minimum absolute atomic E-state index is 0.109. The Balaban J connectivity index is 1.57. The minimum atomic E-state index is -1.12. The smallest absolute Gasteiger partial charge is 0.326 e. The number of aliphatic carboxylic acids is 1. The third-order valence-electron chi connectivity index (χ3n) is 7.33. The summed E-state index contributed by atoms with van der Waals surface area (Å²) in [6.45, 7) is 2.20. The van der Waals surface area contributed by atoms with Crippen molar-refractivity contribution in [1.82, 2.24) is 5.32 Å². The first-order valence-corrected chi connectivity index (χ1v) is 14.6. The highest BCUT2D eigenvalue weighted by Crippen LogP contribution is 2.25. The number of anilines is 1. The standard InChI is InChI=1S/C34H43N3O4/c1-3-4-5-6-7-11-17-32(38)37(2)29-16-12-15-28(24-29)27-20-18-26(19-21-27)23-31(34(40)41)36-33(39)30(35)22-25-13-9-8-10-14-25/h8-10,12-16,18-21,24,30-31H,3-7,11,17,22-23,35H2,1-2H3,(H,36,39)(H,40,41)/t30?,31-/m0/s1. The fourth-order valence-electron chi connectivity index (χ4n) is 4.77. The van der Waals surface area contributed by atoms with Gasteiger partial charge in [-0.15, -0.1) is 0 Å². The third-order valence-corrected chi connectivity index (χ3v) is 7.33. The van der Waals surface area contributed by atoms with Crippen molar-refractivity contribution in [2.45, 2.75) is 76.8 Å². The van der Waals surface area contributed by atoms with Crippen LogP contribution >= 0.6 is 0 Å². The average Bonchev–Trinajstić information content (AvgIpc) is 2.98. The molecular formula is C34H43N3O4. The van der Waals surface area contributed by atoms with Crippen LogP contribution in [0, 0.1) is 0 Å². The van der Waals surface area contributed by atoms with E-state index in [9.17, 15) is 19.5 Å². The molecule has 0 saturated carbocycles. The molecule has 0 radical (unpaired) electrons. The number of carbonyl (C=O) groups is 3. The van der Waals surface area contributed by atoms with Crippen LogP contribution in [-0.2, 0) is 27.2 Å². The van der Waals surface area contributed by atoms with E-state index in [4.69, 9.17) is 5.73 Å². The highest BCUT2D eigenvalue weighted by molar-refractivity contribution is 5.93. The summed E-state index contributed by atoms with van der Waals surface area (Å²) < 4.78 is 0. The number of amides is 2. The predicted molar refractivity (Wildman–Crippen MR) is 165 cm³/mol. The van der Waals surface area contributed by atoms with Crippen molar-refractivity contribution in [3.63, 3.8) is 0 Å². The molecule has 0 aliphatic heterocycles. The molecule has 0 heterocycles. The van der Waals surface area contributed by atoms with Gasteiger partial charge in [0.1, 0.15) is 6.04 Å². The molecule has 0 aliphatic carbocycles. The van der Waals surface area contributed by atoms with Crippen molar-refractivity contribution in [3.8, 4) is 11.1 Å². The Morgan fingerprint density at radius 1 is 0.805 bits per heavy atom. The van der Waals surface area contributed by atoms with Crippen LogP contribution in [0.15, 0.2) is 78.9 Å². The monoisotopic (exact) mass is 557 g/mol. The quantitative estimate of drug-likeness (QED) is 0.194. The summed E-state index contributed by atoms with van der Waals surface area (Å²) in [4.78, 5) is 39.0. The molecule has 0 spiro atoms. The summed E-state index contributed by atoms with van der Waals surface area (Å²) in [5.74, 6) is -1.50. The average molecular weight is 558 g/mol. The molecule has 0 aromatic heterocycles. The number of hydrogen-bond acceptors (Lipinski definition) is 4. The van der Waals surface area contributed by atoms with Crippen LogP contribution in [0.2, 0.25) is 0 Å². The highest BCUT2D eigenvalue weighted by atomic mass is 16.4. The maximum Gasteiger partial charge on any atom is 0.326 e. The van der Waals surface area contributed by atoms with Gasteiger partial charge in [0.15, 0.2) is 0 Å². The molecule has 0 saturated heterocycles. The van der Waals surface area contributed by atoms with Crippen LogP contribution in [0.1, 0.15) is 63.0 Å². The van der Waals surface area contributed by atoms with E-state index in [0.717, 1.165) is 40.8 Å². The first-order chi connectivity index (χ1) is 19.8. The molecular weight excluding hydrogens is 514 g/mol. The van der Waals surface area contributed by atoms with E-state index in [0.29, 0.717) is 12.8 Å². The van der Waals surface area contributed by atoms with Crippen molar-refractivity contribution in [2.24, 2.45) is 5.73 Å². The summed E-state index contributed by atoms with van der Waals surface area (Å²) in [6.07, 6.45) is 7.87. The molecule has 7 nitrogen and oxygen atoms in total. The van der Waals surface area contributed by atoms with Crippen LogP contribution in [0.25, 0.3) is 11.1 Å². The largest absolute Gasteiger partial charge is 0.480 e. The zero-order valence-electron chi connectivity index (χ0n) is 24.2. The molecule has 0 bridgehead atoms. The van der Waals surface area contributed by atoms with Crippen LogP contribution < -0.4 is 16.0 Å². The van der Waals surface area contributed by atoms with Gasteiger partial charge >= 0.3 is 5.97 Å². The fourth-order valence-corrected chi connectivity index (χ4v) is 4.77. The lowest BCUT2D eigenvalue weighted by Gasteiger charge is -2.19.